The van der Waals surface area contributed by atoms with Crippen LogP contribution in [0.3, 0.4) is 0 Å². The predicted molar refractivity (Wildman–Crippen MR) is 113 cm³/mol. The average molecular weight is 378 g/mol. The van der Waals surface area contributed by atoms with Crippen LogP contribution < -0.4 is 5.32 Å². The Morgan fingerprint density at radius 1 is 0.893 bits per heavy atom. The fourth-order valence-corrected chi connectivity index (χ4v) is 4.11. The van der Waals surface area contributed by atoms with Gasteiger partial charge in [0.05, 0.1) is 6.54 Å². The SMILES string of the molecule is O=C(CN(Cc1ccccc1)C1CC1)NC1CCN(Cc2ccccc2)CC1. The average Bonchev–Trinajstić information content (AvgIpc) is 3.56. The van der Waals surface area contributed by atoms with E-state index in [0.29, 0.717) is 18.6 Å². The molecule has 4 nitrogen and oxygen atoms in total. The van der Waals surface area contributed by atoms with Gasteiger partial charge in [-0.3, -0.25) is 14.6 Å². The first-order chi connectivity index (χ1) is 13.8. The van der Waals surface area contributed by atoms with E-state index in [9.17, 15) is 4.79 Å². The molecule has 4 rings (SSSR count). The standard InChI is InChI=1S/C24H31N3O/c28-24(19-27(23-11-12-23)18-21-9-5-2-6-10-21)25-22-13-15-26(16-14-22)17-20-7-3-1-4-8-20/h1-10,22-23H,11-19H2,(H,25,28). The molecule has 1 aliphatic carbocycles. The zero-order valence-electron chi connectivity index (χ0n) is 16.6. The van der Waals surface area contributed by atoms with Gasteiger partial charge in [0.2, 0.25) is 5.91 Å². The fourth-order valence-electron chi connectivity index (χ4n) is 4.11. The van der Waals surface area contributed by atoms with Gasteiger partial charge in [-0.15, -0.1) is 0 Å². The third-order valence-electron chi connectivity index (χ3n) is 5.84. The van der Waals surface area contributed by atoms with Crippen LogP contribution in [0.15, 0.2) is 60.7 Å². The molecule has 4 heteroatoms. The normalized spacial score (nSPS) is 18.3. The van der Waals surface area contributed by atoms with Crippen molar-refractivity contribution in [3.63, 3.8) is 0 Å². The van der Waals surface area contributed by atoms with Gasteiger partial charge in [-0.2, -0.15) is 0 Å². The van der Waals surface area contributed by atoms with Crippen LogP contribution in [0.4, 0.5) is 0 Å². The molecule has 0 aromatic heterocycles. The Kier molecular flexibility index (Phi) is 6.40. The lowest BCUT2D eigenvalue weighted by Gasteiger charge is -2.33. The van der Waals surface area contributed by atoms with Gasteiger partial charge in [0, 0.05) is 38.3 Å². The summed E-state index contributed by atoms with van der Waals surface area (Å²) in [6, 6.07) is 22.0. The van der Waals surface area contributed by atoms with Crippen LogP contribution in [-0.2, 0) is 17.9 Å². The molecule has 0 atom stereocenters. The lowest BCUT2D eigenvalue weighted by Crippen LogP contribution is -2.47. The number of hydrogen-bond donors (Lipinski definition) is 1. The Morgan fingerprint density at radius 2 is 1.50 bits per heavy atom. The van der Waals surface area contributed by atoms with Gasteiger partial charge >= 0.3 is 0 Å². The number of nitrogens with zero attached hydrogens (tertiary/aromatic N) is 2. The van der Waals surface area contributed by atoms with Gasteiger partial charge in [0.25, 0.3) is 0 Å². The molecule has 1 aliphatic heterocycles. The van der Waals surface area contributed by atoms with E-state index in [0.717, 1.165) is 39.0 Å². The Balaban J connectivity index is 1.21. The van der Waals surface area contributed by atoms with Crippen LogP contribution in [0.1, 0.15) is 36.8 Å². The maximum Gasteiger partial charge on any atom is 0.234 e. The summed E-state index contributed by atoms with van der Waals surface area (Å²) in [6.07, 6.45) is 4.53. The monoisotopic (exact) mass is 377 g/mol. The van der Waals surface area contributed by atoms with Gasteiger partial charge in [0.1, 0.15) is 0 Å². The van der Waals surface area contributed by atoms with Crippen molar-refractivity contribution in [2.24, 2.45) is 0 Å². The number of hydrogen-bond acceptors (Lipinski definition) is 3. The number of piperidine rings is 1. The summed E-state index contributed by atoms with van der Waals surface area (Å²) >= 11 is 0. The second kappa shape index (κ2) is 9.35. The first-order valence-corrected chi connectivity index (χ1v) is 10.6. The Morgan fingerprint density at radius 3 is 2.11 bits per heavy atom. The van der Waals surface area contributed by atoms with Gasteiger partial charge < -0.3 is 5.32 Å². The van der Waals surface area contributed by atoms with E-state index in [-0.39, 0.29) is 5.91 Å². The minimum atomic E-state index is 0.185. The van der Waals surface area contributed by atoms with E-state index in [1.54, 1.807) is 0 Å². The maximum absolute atomic E-state index is 12.7. The lowest BCUT2D eigenvalue weighted by atomic mass is 10.0. The molecule has 0 spiro atoms. The van der Waals surface area contributed by atoms with Crippen molar-refractivity contribution in [1.29, 1.82) is 0 Å². The minimum absolute atomic E-state index is 0.185. The highest BCUT2D eigenvalue weighted by molar-refractivity contribution is 5.78. The van der Waals surface area contributed by atoms with Gasteiger partial charge in [-0.1, -0.05) is 60.7 Å². The molecule has 148 valence electrons. The van der Waals surface area contributed by atoms with Crippen LogP contribution in [0, 0.1) is 0 Å². The molecule has 0 radical (unpaired) electrons. The molecule has 2 aliphatic rings. The molecule has 1 N–H and O–H groups in total. The van der Waals surface area contributed by atoms with Crippen molar-refractivity contribution in [3.05, 3.63) is 71.8 Å². The smallest absolute Gasteiger partial charge is 0.234 e. The minimum Gasteiger partial charge on any atom is -0.352 e. The molecule has 0 unspecified atom stereocenters. The van der Waals surface area contributed by atoms with E-state index in [1.165, 1.54) is 24.0 Å². The molecular weight excluding hydrogens is 346 g/mol. The molecule has 2 aromatic rings. The van der Waals surface area contributed by atoms with Gasteiger partial charge in [0.15, 0.2) is 0 Å². The second-order valence-electron chi connectivity index (χ2n) is 8.23. The largest absolute Gasteiger partial charge is 0.352 e. The van der Waals surface area contributed by atoms with E-state index in [1.807, 2.05) is 6.07 Å². The first-order valence-electron chi connectivity index (χ1n) is 10.6. The second-order valence-corrected chi connectivity index (χ2v) is 8.23. The number of carbonyl (C=O) groups is 1. The van der Waals surface area contributed by atoms with Crippen molar-refractivity contribution in [2.45, 2.75) is 50.9 Å². The molecule has 1 saturated heterocycles. The summed E-state index contributed by atoms with van der Waals surface area (Å²) in [6.45, 7) is 4.50. The number of carbonyl (C=O) groups excluding carboxylic acids is 1. The van der Waals surface area contributed by atoms with Gasteiger partial charge in [-0.25, -0.2) is 0 Å². The highest BCUT2D eigenvalue weighted by Gasteiger charge is 2.31. The van der Waals surface area contributed by atoms with Crippen LogP contribution in [0.25, 0.3) is 0 Å². The summed E-state index contributed by atoms with van der Waals surface area (Å²) < 4.78 is 0. The predicted octanol–water partition coefficient (Wildman–Crippen LogP) is 3.43. The number of benzene rings is 2. The summed E-state index contributed by atoms with van der Waals surface area (Å²) in [5.41, 5.74) is 2.65. The molecule has 0 bridgehead atoms. The Hall–Kier alpha value is -2.17. The van der Waals surface area contributed by atoms with Crippen LogP contribution in [-0.4, -0.2) is 47.4 Å². The molecule has 1 heterocycles. The summed E-state index contributed by atoms with van der Waals surface area (Å²) in [7, 11) is 0. The van der Waals surface area contributed by atoms with Crippen molar-refractivity contribution < 1.29 is 4.79 Å². The lowest BCUT2D eigenvalue weighted by molar-refractivity contribution is -0.123. The van der Waals surface area contributed by atoms with Gasteiger partial charge in [-0.05, 0) is 36.8 Å². The van der Waals surface area contributed by atoms with Crippen molar-refractivity contribution in [2.75, 3.05) is 19.6 Å². The molecule has 2 aromatic carbocycles. The topological polar surface area (TPSA) is 35.6 Å². The quantitative estimate of drug-likeness (QED) is 0.766. The highest BCUT2D eigenvalue weighted by atomic mass is 16.2. The van der Waals surface area contributed by atoms with Crippen molar-refractivity contribution in [1.82, 2.24) is 15.1 Å². The van der Waals surface area contributed by atoms with E-state index in [4.69, 9.17) is 0 Å². The summed E-state index contributed by atoms with van der Waals surface area (Å²) in [5, 5.41) is 3.29. The third-order valence-corrected chi connectivity index (χ3v) is 5.84. The van der Waals surface area contributed by atoms with Crippen molar-refractivity contribution >= 4 is 5.91 Å². The number of nitrogens with one attached hydrogen (secondary N) is 1. The molecule has 1 saturated carbocycles. The Bertz CT molecular complexity index is 737. The van der Waals surface area contributed by atoms with Crippen LogP contribution in [0.5, 0.6) is 0 Å². The first kappa shape index (κ1) is 19.2. The molecule has 28 heavy (non-hydrogen) atoms. The van der Waals surface area contributed by atoms with E-state index < -0.39 is 0 Å². The molecular formula is C24H31N3O. The zero-order chi connectivity index (χ0) is 19.2. The van der Waals surface area contributed by atoms with E-state index in [2.05, 4.69) is 69.7 Å². The number of rotatable bonds is 8. The highest BCUT2D eigenvalue weighted by Crippen LogP contribution is 2.28. The Labute approximate surface area is 168 Å². The zero-order valence-corrected chi connectivity index (χ0v) is 16.6. The van der Waals surface area contributed by atoms with Crippen LogP contribution in [0.2, 0.25) is 0 Å². The van der Waals surface area contributed by atoms with E-state index >= 15 is 0 Å². The van der Waals surface area contributed by atoms with Crippen LogP contribution >= 0.6 is 0 Å². The molecule has 1 amide bonds. The fraction of sp³-hybridized carbons (Fsp3) is 0.458. The molecule has 2 fully saturated rings. The van der Waals surface area contributed by atoms with Crippen molar-refractivity contribution in [3.8, 4) is 0 Å². The summed E-state index contributed by atoms with van der Waals surface area (Å²) in [4.78, 5) is 17.5. The summed E-state index contributed by atoms with van der Waals surface area (Å²) in [5.74, 6) is 0.185. The third kappa shape index (κ3) is 5.66. The number of amides is 1. The number of likely N-dealkylation sites (tertiary alicyclic amines) is 1. The maximum atomic E-state index is 12.7.